The van der Waals surface area contributed by atoms with Crippen molar-refractivity contribution in [3.8, 4) is 0 Å². The van der Waals surface area contributed by atoms with Crippen molar-refractivity contribution < 1.29 is 80.2 Å². The fourth-order valence-corrected chi connectivity index (χ4v) is 13.4. The summed E-state index contributed by atoms with van der Waals surface area (Å²) in [5.74, 6) is 1.000. The smallest absolute Gasteiger partial charge is 0.462 e. The largest absolute Gasteiger partial charge is 0.472 e. The summed E-state index contributed by atoms with van der Waals surface area (Å²) in [6.45, 7) is 14.2. The lowest BCUT2D eigenvalue weighted by atomic mass is 9.99. The molecule has 7 atom stereocenters. The summed E-state index contributed by atoms with van der Waals surface area (Å²) in [7, 11) is -9.92. The summed E-state index contributed by atoms with van der Waals surface area (Å²) in [5.41, 5.74) is 0. The second-order valence-electron chi connectivity index (χ2n) is 29.5. The molecule has 0 spiro atoms. The molecule has 576 valence electrons. The highest BCUT2D eigenvalue weighted by molar-refractivity contribution is 7.47. The molecule has 0 aliphatic heterocycles. The van der Waals surface area contributed by atoms with Crippen LogP contribution in [-0.2, 0) is 65.4 Å². The molecule has 19 heteroatoms. The van der Waals surface area contributed by atoms with Gasteiger partial charge in [0.15, 0.2) is 12.2 Å². The van der Waals surface area contributed by atoms with Crippen LogP contribution >= 0.6 is 15.6 Å². The number of hydrogen-bond donors (Lipinski definition) is 3. The molecule has 0 radical (unpaired) electrons. The lowest BCUT2D eigenvalue weighted by Crippen LogP contribution is -2.30. The Hall–Kier alpha value is -1.94. The predicted molar refractivity (Wildman–Crippen MR) is 395 cm³/mol. The second-order valence-corrected chi connectivity index (χ2v) is 32.4. The minimum Gasteiger partial charge on any atom is -0.462 e. The van der Waals surface area contributed by atoms with Crippen LogP contribution in [0.5, 0.6) is 0 Å². The van der Waals surface area contributed by atoms with Gasteiger partial charge in [-0.25, -0.2) is 9.13 Å². The van der Waals surface area contributed by atoms with Crippen molar-refractivity contribution in [2.24, 2.45) is 23.7 Å². The number of carbonyl (C=O) groups excluding carboxylic acids is 4. The second kappa shape index (κ2) is 67.2. The molecule has 0 bridgehead atoms. The average Bonchev–Trinajstić information content (AvgIpc) is 1.65. The Morgan fingerprint density at radius 3 is 0.732 bits per heavy atom. The van der Waals surface area contributed by atoms with E-state index in [0.717, 1.165) is 114 Å². The first-order valence-corrected chi connectivity index (χ1v) is 43.3. The van der Waals surface area contributed by atoms with Gasteiger partial charge in [-0.2, -0.15) is 0 Å². The summed E-state index contributed by atoms with van der Waals surface area (Å²) in [5, 5.41) is 10.6. The van der Waals surface area contributed by atoms with E-state index in [-0.39, 0.29) is 25.7 Å². The summed E-state index contributed by atoms with van der Waals surface area (Å²) in [6.07, 6.45) is 52.7. The number of hydrogen-bond acceptors (Lipinski definition) is 15. The summed E-state index contributed by atoms with van der Waals surface area (Å²) < 4.78 is 68.6. The lowest BCUT2D eigenvalue weighted by molar-refractivity contribution is -0.161. The van der Waals surface area contributed by atoms with Gasteiger partial charge in [-0.3, -0.25) is 37.3 Å². The van der Waals surface area contributed by atoms with E-state index < -0.39 is 97.5 Å². The maximum atomic E-state index is 13.1. The number of aliphatic hydroxyl groups excluding tert-OH is 1. The van der Waals surface area contributed by atoms with Crippen LogP contribution in [0.3, 0.4) is 0 Å². The highest BCUT2D eigenvalue weighted by Gasteiger charge is 2.30. The molecule has 0 saturated heterocycles. The zero-order valence-electron chi connectivity index (χ0n) is 63.7. The number of unbranched alkanes of at least 4 members (excludes halogenated alkanes) is 39. The molecule has 0 fully saturated rings. The molecule has 0 aliphatic carbocycles. The Labute approximate surface area is 594 Å². The van der Waals surface area contributed by atoms with Gasteiger partial charge in [0.05, 0.1) is 26.4 Å². The molecular formula is C78H152O17P2. The lowest BCUT2D eigenvalue weighted by Gasteiger charge is -2.21. The fraction of sp³-hybridized carbons (Fsp3) is 0.949. The van der Waals surface area contributed by atoms with Gasteiger partial charge in [0.2, 0.25) is 0 Å². The van der Waals surface area contributed by atoms with E-state index >= 15 is 0 Å². The number of phosphoric ester groups is 2. The average molecular weight is 1420 g/mol. The van der Waals surface area contributed by atoms with Crippen LogP contribution in [0.1, 0.15) is 396 Å². The molecular weight excluding hydrogens is 1270 g/mol. The first kappa shape index (κ1) is 95.1. The van der Waals surface area contributed by atoms with Crippen molar-refractivity contribution in [3.05, 3.63) is 0 Å². The molecule has 97 heavy (non-hydrogen) atoms. The molecule has 0 aromatic carbocycles. The van der Waals surface area contributed by atoms with Crippen LogP contribution in [0.25, 0.3) is 0 Å². The SMILES string of the molecule is CCC(C)CCCCCCCCCCCCCCCCC(=O)OC[C@H](COP(=O)(O)OCC(O)COP(=O)(O)OC[C@@H](COC(=O)CCCCCCCCCC(C)C)OC(=O)CCCCCCCCCCCCCCCCC(C)C)OC(=O)CCCCCCCCCCC(C)CC. The normalized spacial score (nSPS) is 14.6. The van der Waals surface area contributed by atoms with E-state index in [1.807, 2.05) is 0 Å². The van der Waals surface area contributed by atoms with E-state index in [9.17, 15) is 43.2 Å². The Kier molecular flexibility index (Phi) is 65.9. The fourth-order valence-electron chi connectivity index (χ4n) is 11.8. The minimum absolute atomic E-state index is 0.105. The zero-order chi connectivity index (χ0) is 71.7. The topological polar surface area (TPSA) is 237 Å². The third-order valence-corrected chi connectivity index (χ3v) is 20.7. The Balaban J connectivity index is 5.22. The third-order valence-electron chi connectivity index (χ3n) is 18.8. The number of esters is 4. The number of phosphoric acid groups is 2. The molecule has 0 amide bonds. The van der Waals surface area contributed by atoms with Gasteiger partial charge in [0.25, 0.3) is 0 Å². The van der Waals surface area contributed by atoms with Crippen molar-refractivity contribution in [2.45, 2.75) is 414 Å². The minimum atomic E-state index is -4.96. The summed E-state index contributed by atoms with van der Waals surface area (Å²) in [6, 6.07) is 0. The van der Waals surface area contributed by atoms with Crippen LogP contribution in [0.4, 0.5) is 0 Å². The van der Waals surface area contributed by atoms with E-state index in [1.54, 1.807) is 0 Å². The van der Waals surface area contributed by atoms with Gasteiger partial charge in [-0.15, -0.1) is 0 Å². The number of ether oxygens (including phenoxy) is 4. The number of carbonyl (C=O) groups is 4. The highest BCUT2D eigenvalue weighted by Crippen LogP contribution is 2.45. The molecule has 3 N–H and O–H groups in total. The monoisotopic (exact) mass is 1420 g/mol. The quantitative estimate of drug-likeness (QED) is 0.0222. The molecule has 0 aliphatic rings. The maximum absolute atomic E-state index is 13.1. The number of rotatable bonds is 75. The van der Waals surface area contributed by atoms with Crippen molar-refractivity contribution in [1.82, 2.24) is 0 Å². The first-order valence-electron chi connectivity index (χ1n) is 40.3. The molecule has 0 aromatic heterocycles. The van der Waals surface area contributed by atoms with Crippen LogP contribution in [0.15, 0.2) is 0 Å². The molecule has 0 rings (SSSR count). The molecule has 0 aromatic rings. The van der Waals surface area contributed by atoms with E-state index in [1.165, 1.54) is 193 Å². The molecule has 0 heterocycles. The van der Waals surface area contributed by atoms with E-state index in [0.29, 0.717) is 31.6 Å². The van der Waals surface area contributed by atoms with Gasteiger partial charge in [0, 0.05) is 25.7 Å². The Morgan fingerprint density at radius 1 is 0.289 bits per heavy atom. The molecule has 5 unspecified atom stereocenters. The summed E-state index contributed by atoms with van der Waals surface area (Å²) in [4.78, 5) is 72.9. The molecule has 17 nitrogen and oxygen atoms in total. The van der Waals surface area contributed by atoms with Crippen molar-refractivity contribution in [3.63, 3.8) is 0 Å². The van der Waals surface area contributed by atoms with Crippen LogP contribution in [0.2, 0.25) is 0 Å². The van der Waals surface area contributed by atoms with Crippen LogP contribution in [0, 0.1) is 23.7 Å². The van der Waals surface area contributed by atoms with Crippen LogP contribution in [-0.4, -0.2) is 96.7 Å². The standard InChI is InChI=1S/C78H152O17P2/c1-9-70(7)56-48-40-32-24-20-16-12-14-17-21-25-34-42-50-58-75(80)88-64-73(95-78(83)61-53-45-36-28-27-33-41-49-57-71(8)10-2)66-92-96(84,85)90-62-72(79)63-91-97(86,87)93-67-74(65-89-76(81)59-51-43-37-29-31-39-47-55-69(5)6)94-77(82)60-52-44-35-26-22-18-13-11-15-19-23-30-38-46-54-68(3)4/h68-74,79H,9-67H2,1-8H3,(H,84,85)(H,86,87)/t70?,71?,72?,73-,74-/m1/s1. The molecule has 0 saturated carbocycles. The van der Waals surface area contributed by atoms with Crippen molar-refractivity contribution >= 4 is 39.5 Å². The van der Waals surface area contributed by atoms with Gasteiger partial charge < -0.3 is 33.8 Å². The predicted octanol–water partition coefficient (Wildman–Crippen LogP) is 22.8. The zero-order valence-corrected chi connectivity index (χ0v) is 65.5. The van der Waals surface area contributed by atoms with Gasteiger partial charge in [-0.1, -0.05) is 344 Å². The number of aliphatic hydroxyl groups is 1. The Bertz CT molecular complexity index is 1910. The van der Waals surface area contributed by atoms with Crippen LogP contribution < -0.4 is 0 Å². The summed E-state index contributed by atoms with van der Waals surface area (Å²) >= 11 is 0. The highest BCUT2D eigenvalue weighted by atomic mass is 31.2. The third kappa shape index (κ3) is 69.5. The first-order chi connectivity index (χ1) is 46.7. The van der Waals surface area contributed by atoms with E-state index in [2.05, 4.69) is 55.4 Å². The Morgan fingerprint density at radius 2 is 0.495 bits per heavy atom. The van der Waals surface area contributed by atoms with E-state index in [4.69, 9.17) is 37.0 Å². The van der Waals surface area contributed by atoms with Crippen molar-refractivity contribution in [1.29, 1.82) is 0 Å². The van der Waals surface area contributed by atoms with Gasteiger partial charge >= 0.3 is 39.5 Å². The van der Waals surface area contributed by atoms with Crippen molar-refractivity contribution in [2.75, 3.05) is 39.6 Å². The van der Waals surface area contributed by atoms with Gasteiger partial charge in [-0.05, 0) is 49.4 Å². The maximum Gasteiger partial charge on any atom is 0.472 e. The van der Waals surface area contributed by atoms with Gasteiger partial charge in [0.1, 0.15) is 19.3 Å².